The molecule has 2 N–H and O–H groups in total. The Morgan fingerprint density at radius 2 is 1.56 bits per heavy atom. The van der Waals surface area contributed by atoms with E-state index in [2.05, 4.69) is 66.4 Å². The molecule has 27 heavy (non-hydrogen) atoms. The van der Waals surface area contributed by atoms with Crippen LogP contribution in [0.1, 0.15) is 23.6 Å². The van der Waals surface area contributed by atoms with Crippen LogP contribution in [0.2, 0.25) is 0 Å². The molecule has 1 aromatic carbocycles. The first-order valence-electron chi connectivity index (χ1n) is 8.14. The Balaban J connectivity index is 0.000000645. The predicted molar refractivity (Wildman–Crippen MR) is 100 cm³/mol. The number of benzene rings is 1. The molecular formula is C20H24CrN2O4. The maximum absolute atomic E-state index is 9.55. The monoisotopic (exact) mass is 408 g/mol. The summed E-state index contributed by atoms with van der Waals surface area (Å²) < 4.78 is 0. The zero-order chi connectivity index (χ0) is 19.4. The van der Waals surface area contributed by atoms with Gasteiger partial charge in [-0.1, -0.05) is 36.4 Å². The van der Waals surface area contributed by atoms with Crippen LogP contribution in [0.3, 0.4) is 0 Å². The van der Waals surface area contributed by atoms with Crippen molar-refractivity contribution in [3.05, 3.63) is 78.1 Å². The Bertz CT molecular complexity index is 651. The van der Waals surface area contributed by atoms with Gasteiger partial charge in [-0.05, 0) is 44.8 Å². The van der Waals surface area contributed by atoms with E-state index in [1.54, 1.807) is 0 Å². The van der Waals surface area contributed by atoms with E-state index < -0.39 is 11.9 Å². The van der Waals surface area contributed by atoms with Crippen LogP contribution < -0.4 is 0 Å². The van der Waals surface area contributed by atoms with Gasteiger partial charge in [0.2, 0.25) is 0 Å². The average molecular weight is 408 g/mol. The van der Waals surface area contributed by atoms with Crippen LogP contribution in [0.4, 0.5) is 0 Å². The SMILES string of the molecule is CN(C)CCC(c1ccccc1)c1ccccn1.O=C(O)/C=C\C(=O)O.[Cr]. The molecule has 0 bridgehead atoms. The molecule has 7 heteroatoms. The molecule has 1 heterocycles. The molecule has 0 fully saturated rings. The second-order valence-corrected chi connectivity index (χ2v) is 5.82. The molecule has 0 aliphatic heterocycles. The van der Waals surface area contributed by atoms with Crippen LogP contribution in [0.15, 0.2) is 66.9 Å². The molecule has 0 aliphatic rings. The standard InChI is InChI=1S/C16H20N2.C4H4O4.Cr/c1-18(2)13-11-15(14-8-4-3-5-9-14)16-10-6-7-12-17-16;5-3(6)1-2-4(7)8;/h3-10,12,15H,11,13H2,1-2H3;1-2H,(H,5,6)(H,7,8);/b;2-1-;. The van der Waals surface area contributed by atoms with Gasteiger partial charge in [-0.15, -0.1) is 0 Å². The van der Waals surface area contributed by atoms with Crippen molar-refractivity contribution < 1.29 is 37.2 Å². The quantitative estimate of drug-likeness (QED) is 0.685. The van der Waals surface area contributed by atoms with Gasteiger partial charge in [-0.25, -0.2) is 9.59 Å². The van der Waals surface area contributed by atoms with Crippen LogP contribution in [0.25, 0.3) is 0 Å². The van der Waals surface area contributed by atoms with Gasteiger partial charge >= 0.3 is 11.9 Å². The summed E-state index contributed by atoms with van der Waals surface area (Å²) in [5.41, 5.74) is 2.50. The molecule has 2 rings (SSSR count). The van der Waals surface area contributed by atoms with Gasteiger partial charge < -0.3 is 15.1 Å². The minimum atomic E-state index is -1.26. The van der Waals surface area contributed by atoms with E-state index in [1.807, 2.05) is 12.3 Å². The second-order valence-electron chi connectivity index (χ2n) is 5.82. The van der Waals surface area contributed by atoms with Crippen LogP contribution in [0, 0.1) is 0 Å². The molecule has 0 amide bonds. The van der Waals surface area contributed by atoms with Crippen molar-refractivity contribution in [2.45, 2.75) is 12.3 Å². The topological polar surface area (TPSA) is 90.7 Å². The number of rotatable bonds is 7. The van der Waals surface area contributed by atoms with Crippen LogP contribution >= 0.6 is 0 Å². The van der Waals surface area contributed by atoms with Crippen molar-refractivity contribution in [1.82, 2.24) is 9.88 Å². The summed E-state index contributed by atoms with van der Waals surface area (Å²) in [7, 11) is 4.22. The van der Waals surface area contributed by atoms with Crippen LogP contribution in [-0.4, -0.2) is 52.7 Å². The van der Waals surface area contributed by atoms with Crippen LogP contribution in [-0.2, 0) is 27.0 Å². The summed E-state index contributed by atoms with van der Waals surface area (Å²) >= 11 is 0. The molecule has 0 spiro atoms. The zero-order valence-corrected chi connectivity index (χ0v) is 16.6. The van der Waals surface area contributed by atoms with E-state index in [-0.39, 0.29) is 17.4 Å². The second kappa shape index (κ2) is 13.7. The zero-order valence-electron chi connectivity index (χ0n) is 15.4. The van der Waals surface area contributed by atoms with E-state index in [1.165, 1.54) is 5.56 Å². The average Bonchev–Trinajstić information content (AvgIpc) is 2.62. The maximum atomic E-state index is 9.55. The molecule has 1 aromatic heterocycles. The van der Waals surface area contributed by atoms with Crippen LogP contribution in [0.5, 0.6) is 0 Å². The molecule has 6 nitrogen and oxygen atoms in total. The number of nitrogens with zero attached hydrogens (tertiary/aromatic N) is 2. The molecular weight excluding hydrogens is 384 g/mol. The number of aromatic nitrogens is 1. The van der Waals surface area contributed by atoms with Gasteiger partial charge in [0.25, 0.3) is 0 Å². The molecule has 0 saturated heterocycles. The van der Waals surface area contributed by atoms with E-state index in [0.29, 0.717) is 18.1 Å². The first-order valence-corrected chi connectivity index (χ1v) is 8.14. The summed E-state index contributed by atoms with van der Waals surface area (Å²) in [5, 5.41) is 15.6. The van der Waals surface area contributed by atoms with E-state index in [4.69, 9.17) is 10.2 Å². The summed E-state index contributed by atoms with van der Waals surface area (Å²) in [5.74, 6) is -2.13. The first-order chi connectivity index (χ1) is 12.4. The number of pyridine rings is 1. The van der Waals surface area contributed by atoms with Gasteiger partial charge in [0, 0.05) is 47.3 Å². The van der Waals surface area contributed by atoms with Gasteiger partial charge in [-0.2, -0.15) is 0 Å². The summed E-state index contributed by atoms with van der Waals surface area (Å²) in [6.45, 7) is 1.07. The summed E-state index contributed by atoms with van der Waals surface area (Å²) in [4.78, 5) is 25.8. The minimum absolute atomic E-state index is 0. The predicted octanol–water partition coefficient (Wildman–Crippen LogP) is 2.87. The van der Waals surface area contributed by atoms with Crippen molar-refractivity contribution in [3.63, 3.8) is 0 Å². The molecule has 144 valence electrons. The molecule has 1 atom stereocenters. The minimum Gasteiger partial charge on any atom is -0.478 e. The Hall–Kier alpha value is -2.46. The molecule has 0 saturated carbocycles. The van der Waals surface area contributed by atoms with E-state index >= 15 is 0 Å². The Labute approximate surface area is 170 Å². The fraction of sp³-hybridized carbons (Fsp3) is 0.250. The third-order valence-corrected chi connectivity index (χ3v) is 3.48. The van der Waals surface area contributed by atoms with E-state index in [9.17, 15) is 9.59 Å². The normalized spacial score (nSPS) is 11.2. The first kappa shape index (κ1) is 24.5. The molecule has 0 radical (unpaired) electrons. The van der Waals surface area contributed by atoms with Gasteiger partial charge in [-0.3, -0.25) is 4.98 Å². The number of hydrogen-bond acceptors (Lipinski definition) is 4. The molecule has 2 aromatic rings. The largest absolute Gasteiger partial charge is 0.478 e. The Kier molecular flexibility index (Phi) is 12.5. The van der Waals surface area contributed by atoms with Gasteiger partial charge in [0.05, 0.1) is 0 Å². The number of hydrogen-bond donors (Lipinski definition) is 2. The smallest absolute Gasteiger partial charge is 0.328 e. The maximum Gasteiger partial charge on any atom is 0.328 e. The molecule has 0 aliphatic carbocycles. The third-order valence-electron chi connectivity index (χ3n) is 3.48. The molecule has 1 unspecified atom stereocenters. The van der Waals surface area contributed by atoms with Gasteiger partial charge in [0.15, 0.2) is 0 Å². The van der Waals surface area contributed by atoms with Crippen molar-refractivity contribution in [1.29, 1.82) is 0 Å². The van der Waals surface area contributed by atoms with Gasteiger partial charge in [0.1, 0.15) is 0 Å². The number of aliphatic carboxylic acids is 2. The summed E-state index contributed by atoms with van der Waals surface area (Å²) in [6, 6.07) is 16.8. The van der Waals surface area contributed by atoms with E-state index in [0.717, 1.165) is 18.7 Å². The van der Waals surface area contributed by atoms with Crippen molar-refractivity contribution in [2.75, 3.05) is 20.6 Å². The number of carboxylic acid groups (broad SMARTS) is 2. The van der Waals surface area contributed by atoms with Crippen molar-refractivity contribution in [2.24, 2.45) is 0 Å². The third kappa shape index (κ3) is 11.0. The van der Waals surface area contributed by atoms with Crippen molar-refractivity contribution >= 4 is 11.9 Å². The Morgan fingerprint density at radius 3 is 2.00 bits per heavy atom. The Morgan fingerprint density at radius 1 is 1.00 bits per heavy atom. The number of carboxylic acids is 2. The fourth-order valence-corrected chi connectivity index (χ4v) is 2.28. The van der Waals surface area contributed by atoms with Crippen molar-refractivity contribution in [3.8, 4) is 0 Å². The number of carbonyl (C=O) groups is 2. The fourth-order valence-electron chi connectivity index (χ4n) is 2.28. The summed E-state index contributed by atoms with van der Waals surface area (Å²) in [6.07, 6.45) is 4.08.